The van der Waals surface area contributed by atoms with Gasteiger partial charge in [0.25, 0.3) is 0 Å². The lowest BCUT2D eigenvalue weighted by Gasteiger charge is -2.35. The van der Waals surface area contributed by atoms with E-state index in [2.05, 4.69) is 41.5 Å². The van der Waals surface area contributed by atoms with Crippen LogP contribution in [0.5, 0.6) is 34.5 Å². The molecule has 4 rings (SSSR count). The van der Waals surface area contributed by atoms with Crippen LogP contribution in [0.15, 0.2) is 22.1 Å². The molecule has 0 aliphatic rings. The summed E-state index contributed by atoms with van der Waals surface area (Å²) in [7, 11) is 0. The second kappa shape index (κ2) is 13.2. The molecule has 0 radical (unpaired) electrons. The minimum Gasteiger partial charge on any atom is -0.507 e. The molecule has 4 aromatic rings. The summed E-state index contributed by atoms with van der Waals surface area (Å²) in [6.45, 7) is 31.6. The van der Waals surface area contributed by atoms with Crippen molar-refractivity contribution in [3.05, 3.63) is 45.5 Å². The van der Waals surface area contributed by atoms with Crippen LogP contribution in [0.1, 0.15) is 142 Å². The molecule has 0 atom stereocenters. The van der Waals surface area contributed by atoms with E-state index in [0.29, 0.717) is 44.2 Å². The molecule has 52 heavy (non-hydrogen) atoms. The third-order valence-electron chi connectivity index (χ3n) is 11.7. The molecule has 4 aromatic carbocycles. The number of phenolic OH excluding ortho intramolecular Hbond substituents is 6. The van der Waals surface area contributed by atoms with Crippen molar-refractivity contribution in [2.45, 2.75) is 134 Å². The average molecular weight is 713 g/mol. The number of rotatable bonds is 7. The first-order valence-corrected chi connectivity index (χ1v) is 18.2. The quantitative estimate of drug-likeness (QED) is 0.0830. The summed E-state index contributed by atoms with van der Waals surface area (Å²) in [5, 5.41) is 72.2. The third-order valence-corrected chi connectivity index (χ3v) is 11.7. The van der Waals surface area contributed by atoms with Crippen molar-refractivity contribution in [1.29, 1.82) is 0 Å². The van der Waals surface area contributed by atoms with Crippen molar-refractivity contribution < 1.29 is 30.6 Å². The highest BCUT2D eigenvalue weighted by Gasteiger charge is 2.34. The number of aliphatic imine (C=N–C) groups is 2. The highest BCUT2D eigenvalue weighted by atomic mass is 16.3. The van der Waals surface area contributed by atoms with Gasteiger partial charge in [-0.3, -0.25) is 9.98 Å². The van der Waals surface area contributed by atoms with Crippen LogP contribution in [0.3, 0.4) is 0 Å². The van der Waals surface area contributed by atoms with Crippen LogP contribution in [0.25, 0.3) is 32.7 Å². The summed E-state index contributed by atoms with van der Waals surface area (Å²) < 4.78 is 0. The fourth-order valence-electron chi connectivity index (χ4n) is 6.46. The molecule has 0 aliphatic heterocycles. The Bertz CT molecular complexity index is 1980. The number of aromatic hydroxyl groups is 6. The summed E-state index contributed by atoms with van der Waals surface area (Å²) >= 11 is 0. The van der Waals surface area contributed by atoms with E-state index in [4.69, 9.17) is 9.98 Å². The number of phenols is 6. The third kappa shape index (κ3) is 6.54. The van der Waals surface area contributed by atoms with Gasteiger partial charge in [-0.1, -0.05) is 81.4 Å². The second-order valence-electron chi connectivity index (χ2n) is 18.2. The molecular weight excluding hydrogens is 652 g/mol. The molecule has 0 spiro atoms. The molecule has 0 unspecified atom stereocenters. The van der Waals surface area contributed by atoms with Crippen LogP contribution in [0, 0.1) is 24.7 Å². The number of fused-ring (bicyclic) bond motifs is 2. The Morgan fingerprint density at radius 3 is 1.02 bits per heavy atom. The zero-order valence-corrected chi connectivity index (χ0v) is 34.0. The minimum absolute atomic E-state index is 0.160. The van der Waals surface area contributed by atoms with Crippen LogP contribution in [0.4, 0.5) is 0 Å². The van der Waals surface area contributed by atoms with Crippen molar-refractivity contribution in [2.24, 2.45) is 20.8 Å². The summed E-state index contributed by atoms with van der Waals surface area (Å²) in [5.74, 6) is -2.15. The summed E-state index contributed by atoms with van der Waals surface area (Å²) in [6.07, 6.45) is 3.03. The van der Waals surface area contributed by atoms with Gasteiger partial charge >= 0.3 is 0 Å². The van der Waals surface area contributed by atoms with Gasteiger partial charge in [-0.25, -0.2) is 0 Å². The Hall–Kier alpha value is -4.46. The van der Waals surface area contributed by atoms with E-state index >= 15 is 0 Å². The van der Waals surface area contributed by atoms with Crippen LogP contribution in [-0.4, -0.2) is 54.1 Å². The predicted molar refractivity (Wildman–Crippen MR) is 217 cm³/mol. The average Bonchev–Trinajstić information content (AvgIpc) is 2.98. The highest BCUT2D eigenvalue weighted by molar-refractivity contribution is 6.15. The van der Waals surface area contributed by atoms with Crippen LogP contribution in [-0.2, 0) is 0 Å². The van der Waals surface area contributed by atoms with E-state index in [1.165, 1.54) is 12.4 Å². The largest absolute Gasteiger partial charge is 0.507 e. The second-order valence-corrected chi connectivity index (χ2v) is 18.2. The molecule has 8 heteroatoms. The number of hydrogen-bond acceptors (Lipinski definition) is 8. The topological polar surface area (TPSA) is 146 Å². The first kappa shape index (κ1) is 40.3. The van der Waals surface area contributed by atoms with Crippen molar-refractivity contribution in [3.8, 4) is 45.6 Å². The van der Waals surface area contributed by atoms with Crippen molar-refractivity contribution >= 4 is 34.0 Å². The molecule has 8 nitrogen and oxygen atoms in total. The first-order valence-electron chi connectivity index (χ1n) is 18.2. The van der Waals surface area contributed by atoms with E-state index in [-0.39, 0.29) is 67.6 Å². The molecule has 0 aliphatic carbocycles. The normalized spacial score (nSPS) is 13.7. The fourth-order valence-corrected chi connectivity index (χ4v) is 6.46. The van der Waals surface area contributed by atoms with Crippen molar-refractivity contribution in [1.82, 2.24) is 0 Å². The monoisotopic (exact) mass is 712 g/mol. The Morgan fingerprint density at radius 2 is 0.769 bits per heavy atom. The van der Waals surface area contributed by atoms with Gasteiger partial charge in [0.05, 0.1) is 11.1 Å². The highest BCUT2D eigenvalue weighted by Crippen LogP contribution is 2.54. The van der Waals surface area contributed by atoms with Crippen molar-refractivity contribution in [3.63, 3.8) is 0 Å². The Balaban J connectivity index is 2.26. The van der Waals surface area contributed by atoms with Gasteiger partial charge < -0.3 is 30.6 Å². The lowest BCUT2D eigenvalue weighted by Crippen LogP contribution is -2.34. The zero-order valence-electron chi connectivity index (χ0n) is 34.0. The standard InChI is InChI=1S/C44H60N2O6/c1-21(2)29-25-17-23(5)31(37(49)33(25)27(35(47)39(29)51)19-45-43(13,14)41(7,8)9)32-24(6)18-26-30(22(3)4)40(52)36(48)28(34(26)38(32)50)20-46-44(15,16)42(10,11)12/h17-22,47-52H,1-16H3. The van der Waals surface area contributed by atoms with Gasteiger partial charge in [0, 0.05) is 56.6 Å². The summed E-state index contributed by atoms with van der Waals surface area (Å²) in [6, 6.07) is 3.71. The first-order chi connectivity index (χ1) is 23.6. The smallest absolute Gasteiger partial charge is 0.167 e. The molecule has 0 bridgehead atoms. The molecule has 0 heterocycles. The van der Waals surface area contributed by atoms with E-state index in [1.54, 1.807) is 0 Å². The Labute approximate surface area is 309 Å². The zero-order chi connectivity index (χ0) is 39.8. The van der Waals surface area contributed by atoms with Gasteiger partial charge in [0.15, 0.2) is 23.0 Å². The maximum atomic E-state index is 12.4. The Morgan fingerprint density at radius 1 is 0.481 bits per heavy atom. The van der Waals surface area contributed by atoms with Crippen LogP contribution in [0.2, 0.25) is 0 Å². The minimum atomic E-state index is -0.574. The van der Waals surface area contributed by atoms with Gasteiger partial charge in [0.2, 0.25) is 0 Å². The number of aryl methyl sites for hydroxylation is 2. The number of benzene rings is 4. The molecule has 6 N–H and O–H groups in total. The van der Waals surface area contributed by atoms with E-state index in [1.807, 2.05) is 81.4 Å². The molecular formula is C44H60N2O6. The van der Waals surface area contributed by atoms with Gasteiger partial charge in [0.1, 0.15) is 11.5 Å². The van der Waals surface area contributed by atoms with E-state index < -0.39 is 22.6 Å². The SMILES string of the molecule is Cc1cc2c(C(C)C)c(O)c(O)c(C=NC(C)(C)C(C)(C)C)c2c(O)c1-c1c(C)cc2c(C(C)C)c(O)c(O)c(C=NC(C)(C)C(C)(C)C)c2c1O. The Kier molecular flexibility index (Phi) is 10.2. The lowest BCUT2D eigenvalue weighted by atomic mass is 9.77. The van der Waals surface area contributed by atoms with Crippen LogP contribution >= 0.6 is 0 Å². The predicted octanol–water partition coefficient (Wildman–Crippen LogP) is 11.2. The number of nitrogens with zero attached hydrogens (tertiary/aromatic N) is 2. The molecule has 0 saturated heterocycles. The summed E-state index contributed by atoms with van der Waals surface area (Å²) in [4.78, 5) is 9.71. The summed E-state index contributed by atoms with van der Waals surface area (Å²) in [5.41, 5.74) is 1.52. The molecule has 0 fully saturated rings. The van der Waals surface area contributed by atoms with Gasteiger partial charge in [-0.05, 0) is 86.1 Å². The molecule has 0 aromatic heterocycles. The maximum Gasteiger partial charge on any atom is 0.167 e. The molecule has 0 saturated carbocycles. The molecule has 0 amide bonds. The van der Waals surface area contributed by atoms with Crippen molar-refractivity contribution in [2.75, 3.05) is 0 Å². The van der Waals surface area contributed by atoms with Crippen LogP contribution < -0.4 is 0 Å². The fraction of sp³-hybridized carbons (Fsp3) is 0.500. The maximum absolute atomic E-state index is 12.4. The molecule has 282 valence electrons. The van der Waals surface area contributed by atoms with Gasteiger partial charge in [-0.2, -0.15) is 0 Å². The van der Waals surface area contributed by atoms with E-state index in [9.17, 15) is 30.6 Å². The van der Waals surface area contributed by atoms with E-state index in [0.717, 1.165) is 0 Å². The van der Waals surface area contributed by atoms with Gasteiger partial charge in [-0.15, -0.1) is 0 Å². The lowest BCUT2D eigenvalue weighted by molar-refractivity contribution is 0.234. The number of hydrogen-bond donors (Lipinski definition) is 6.